The van der Waals surface area contributed by atoms with E-state index >= 15 is 0 Å². The molecule has 0 saturated heterocycles. The fourth-order valence-corrected chi connectivity index (χ4v) is 1.51. The maximum Gasteiger partial charge on any atom is 0.338 e. The zero-order valence-corrected chi connectivity index (χ0v) is 11.4. The minimum Gasteiger partial charge on any atom is -0.508 e. The summed E-state index contributed by atoms with van der Waals surface area (Å²) >= 11 is 0. The van der Waals surface area contributed by atoms with E-state index in [1.807, 2.05) is 20.8 Å². The molecule has 0 radical (unpaired) electrons. The Bertz CT molecular complexity index is 473. The molecule has 18 heavy (non-hydrogen) atoms. The summed E-state index contributed by atoms with van der Waals surface area (Å²) < 4.78 is 5.16. The van der Waals surface area contributed by atoms with Crippen molar-refractivity contribution in [3.8, 4) is 11.5 Å². The quantitative estimate of drug-likeness (QED) is 0.503. The highest BCUT2D eigenvalue weighted by Gasteiger charge is 2.22. The Kier molecular flexibility index (Phi) is 4.17. The molecular formula is C15H20O3. The molecule has 0 unspecified atom stereocenters. The van der Waals surface area contributed by atoms with Crippen LogP contribution in [0.4, 0.5) is 0 Å². The first-order chi connectivity index (χ1) is 8.27. The van der Waals surface area contributed by atoms with Crippen molar-refractivity contribution in [3.63, 3.8) is 0 Å². The fraction of sp³-hybridized carbons (Fsp3) is 0.400. The van der Waals surface area contributed by atoms with Gasteiger partial charge in [0.1, 0.15) is 11.5 Å². The Morgan fingerprint density at radius 1 is 1.44 bits per heavy atom. The lowest BCUT2D eigenvalue weighted by Crippen LogP contribution is -2.16. The molecule has 0 amide bonds. The lowest BCUT2D eigenvalue weighted by Gasteiger charge is -2.24. The number of carbonyl (C=O) groups excluding carboxylic acids is 1. The molecule has 0 bridgehead atoms. The van der Waals surface area contributed by atoms with E-state index in [9.17, 15) is 9.90 Å². The van der Waals surface area contributed by atoms with E-state index in [-0.39, 0.29) is 11.2 Å². The van der Waals surface area contributed by atoms with Crippen molar-refractivity contribution >= 4 is 5.97 Å². The summed E-state index contributed by atoms with van der Waals surface area (Å²) in [6, 6.07) is 4.83. The van der Waals surface area contributed by atoms with Crippen molar-refractivity contribution in [2.24, 2.45) is 0 Å². The van der Waals surface area contributed by atoms with E-state index in [2.05, 4.69) is 6.58 Å². The summed E-state index contributed by atoms with van der Waals surface area (Å²) in [6.07, 6.45) is 0.873. The van der Waals surface area contributed by atoms with Crippen LogP contribution in [0.5, 0.6) is 11.5 Å². The van der Waals surface area contributed by atoms with Gasteiger partial charge in [-0.3, -0.25) is 0 Å². The predicted molar refractivity (Wildman–Crippen MR) is 71.9 cm³/mol. The molecule has 98 valence electrons. The van der Waals surface area contributed by atoms with Crippen LogP contribution in [0, 0.1) is 0 Å². The van der Waals surface area contributed by atoms with Gasteiger partial charge in [0.05, 0.1) is 0 Å². The molecule has 0 aliphatic heterocycles. The molecule has 0 fully saturated rings. The molecule has 1 aromatic rings. The number of aromatic hydroxyl groups is 1. The van der Waals surface area contributed by atoms with Crippen molar-refractivity contribution in [3.05, 3.63) is 35.9 Å². The summed E-state index contributed by atoms with van der Waals surface area (Å²) in [5.41, 5.74) is 0.951. The largest absolute Gasteiger partial charge is 0.508 e. The van der Waals surface area contributed by atoms with Gasteiger partial charge >= 0.3 is 5.97 Å². The smallest absolute Gasteiger partial charge is 0.338 e. The Morgan fingerprint density at radius 3 is 2.56 bits per heavy atom. The van der Waals surface area contributed by atoms with Crippen molar-refractivity contribution in [1.29, 1.82) is 0 Å². The van der Waals surface area contributed by atoms with E-state index in [1.54, 1.807) is 25.1 Å². The van der Waals surface area contributed by atoms with E-state index in [0.717, 1.165) is 12.0 Å². The summed E-state index contributed by atoms with van der Waals surface area (Å²) in [5, 5.41) is 9.89. The Balaban J connectivity index is 3.09. The van der Waals surface area contributed by atoms with Crippen molar-refractivity contribution in [2.75, 3.05) is 0 Å². The third kappa shape index (κ3) is 3.13. The van der Waals surface area contributed by atoms with Crippen LogP contribution in [-0.2, 0) is 10.2 Å². The van der Waals surface area contributed by atoms with Crippen LogP contribution in [-0.4, -0.2) is 11.1 Å². The predicted octanol–water partition coefficient (Wildman–Crippen LogP) is 3.56. The zero-order chi connectivity index (χ0) is 13.9. The molecule has 1 N–H and O–H groups in total. The van der Waals surface area contributed by atoms with Gasteiger partial charge < -0.3 is 9.84 Å². The second-order valence-electron chi connectivity index (χ2n) is 5.09. The highest BCUT2D eigenvalue weighted by Crippen LogP contribution is 2.36. The number of rotatable bonds is 4. The zero-order valence-electron chi connectivity index (χ0n) is 11.4. The van der Waals surface area contributed by atoms with Crippen LogP contribution in [0.1, 0.15) is 39.7 Å². The van der Waals surface area contributed by atoms with E-state index in [0.29, 0.717) is 11.3 Å². The van der Waals surface area contributed by atoms with Crippen molar-refractivity contribution in [2.45, 2.75) is 39.5 Å². The van der Waals surface area contributed by atoms with Gasteiger partial charge in [-0.25, -0.2) is 4.79 Å². The van der Waals surface area contributed by atoms with E-state index < -0.39 is 5.97 Å². The van der Waals surface area contributed by atoms with Gasteiger partial charge in [-0.15, -0.1) is 0 Å². The first kappa shape index (κ1) is 14.3. The van der Waals surface area contributed by atoms with Gasteiger partial charge in [0.15, 0.2) is 0 Å². The van der Waals surface area contributed by atoms with Gasteiger partial charge in [-0.05, 0) is 37.0 Å². The average molecular weight is 248 g/mol. The highest BCUT2D eigenvalue weighted by atomic mass is 16.5. The molecule has 0 aromatic heterocycles. The molecule has 0 spiro atoms. The minimum atomic E-state index is -0.457. The number of hydrogen-bond donors (Lipinski definition) is 1. The lowest BCUT2D eigenvalue weighted by molar-refractivity contribution is -0.130. The van der Waals surface area contributed by atoms with Crippen molar-refractivity contribution < 1.29 is 14.6 Å². The number of benzene rings is 1. The average Bonchev–Trinajstić information content (AvgIpc) is 2.31. The molecule has 0 aliphatic carbocycles. The third-order valence-corrected chi connectivity index (χ3v) is 3.14. The number of phenolic OH excluding ortho intramolecular Hbond substituents is 1. The molecule has 1 rings (SSSR count). The summed E-state index contributed by atoms with van der Waals surface area (Å²) in [6.45, 7) is 11.2. The number of phenols is 1. The lowest BCUT2D eigenvalue weighted by atomic mass is 9.81. The van der Waals surface area contributed by atoms with Gasteiger partial charge in [0.2, 0.25) is 0 Å². The monoisotopic (exact) mass is 248 g/mol. The summed E-state index contributed by atoms with van der Waals surface area (Å²) in [4.78, 5) is 11.4. The topological polar surface area (TPSA) is 46.5 Å². The van der Waals surface area contributed by atoms with E-state index in [1.165, 1.54) is 0 Å². The standard InChI is InChI=1S/C15H20O3/c1-6-15(4,5)12-9-11(7-8-13(12)16)18-14(17)10(2)3/h7-9,16H,2,6H2,1,3-5H3. The minimum absolute atomic E-state index is 0.171. The molecule has 1 aromatic carbocycles. The van der Waals surface area contributed by atoms with Crippen LogP contribution < -0.4 is 4.74 Å². The van der Waals surface area contributed by atoms with Crippen LogP contribution in [0.25, 0.3) is 0 Å². The summed E-state index contributed by atoms with van der Waals surface area (Å²) in [5.74, 6) is 0.190. The maximum absolute atomic E-state index is 11.4. The molecular weight excluding hydrogens is 228 g/mol. The third-order valence-electron chi connectivity index (χ3n) is 3.14. The molecule has 0 saturated carbocycles. The SMILES string of the molecule is C=C(C)C(=O)Oc1ccc(O)c(C(C)(C)CC)c1. The highest BCUT2D eigenvalue weighted by molar-refractivity contribution is 5.88. The Labute approximate surface area is 108 Å². The Hall–Kier alpha value is -1.77. The van der Waals surface area contributed by atoms with E-state index in [4.69, 9.17) is 4.74 Å². The van der Waals surface area contributed by atoms with Gasteiger partial charge in [-0.2, -0.15) is 0 Å². The normalized spacial score (nSPS) is 11.1. The van der Waals surface area contributed by atoms with Gasteiger partial charge in [0, 0.05) is 11.1 Å². The second-order valence-corrected chi connectivity index (χ2v) is 5.09. The van der Waals surface area contributed by atoms with Crippen LogP contribution >= 0.6 is 0 Å². The van der Waals surface area contributed by atoms with Crippen LogP contribution in [0.3, 0.4) is 0 Å². The van der Waals surface area contributed by atoms with Crippen molar-refractivity contribution in [1.82, 2.24) is 0 Å². The molecule has 0 atom stereocenters. The number of esters is 1. The van der Waals surface area contributed by atoms with Crippen LogP contribution in [0.15, 0.2) is 30.4 Å². The Morgan fingerprint density at radius 2 is 2.06 bits per heavy atom. The first-order valence-corrected chi connectivity index (χ1v) is 5.99. The van der Waals surface area contributed by atoms with Gasteiger partial charge in [0.25, 0.3) is 0 Å². The summed E-state index contributed by atoms with van der Waals surface area (Å²) in [7, 11) is 0. The fourth-order valence-electron chi connectivity index (χ4n) is 1.51. The van der Waals surface area contributed by atoms with Crippen LogP contribution in [0.2, 0.25) is 0 Å². The number of carbonyl (C=O) groups is 1. The number of hydrogen-bond acceptors (Lipinski definition) is 3. The molecule has 3 heteroatoms. The number of ether oxygens (including phenoxy) is 1. The second kappa shape index (κ2) is 5.25. The molecule has 0 heterocycles. The van der Waals surface area contributed by atoms with Gasteiger partial charge in [-0.1, -0.05) is 27.4 Å². The molecule has 3 nitrogen and oxygen atoms in total. The first-order valence-electron chi connectivity index (χ1n) is 5.99. The molecule has 0 aliphatic rings. The maximum atomic E-state index is 11.4.